The molecule has 114 valence electrons. The number of aryl methyl sites for hydroxylation is 1. The molecule has 0 aliphatic carbocycles. The first kappa shape index (κ1) is 16.0. The van der Waals surface area contributed by atoms with Crippen molar-refractivity contribution in [2.45, 2.75) is 26.3 Å². The van der Waals surface area contributed by atoms with Crippen LogP contribution in [0.2, 0.25) is 0 Å². The van der Waals surface area contributed by atoms with Crippen molar-refractivity contribution in [1.29, 1.82) is 0 Å². The number of likely N-dealkylation sites (N-methyl/N-ethyl adjacent to an activating group) is 1. The summed E-state index contributed by atoms with van der Waals surface area (Å²) in [6.45, 7) is 4.80. The summed E-state index contributed by atoms with van der Waals surface area (Å²) in [5.74, 6) is -0.137. The van der Waals surface area contributed by atoms with Gasteiger partial charge in [0.2, 0.25) is 0 Å². The molecule has 0 amide bonds. The Morgan fingerprint density at radius 2 is 2.14 bits per heavy atom. The van der Waals surface area contributed by atoms with Gasteiger partial charge in [0.25, 0.3) is 0 Å². The number of anilines is 1. The van der Waals surface area contributed by atoms with Crippen LogP contribution in [0.4, 0.5) is 10.1 Å². The molecule has 4 heteroatoms. The molecule has 1 unspecified atom stereocenters. The molecule has 0 fully saturated rings. The molecule has 1 N–H and O–H groups in total. The van der Waals surface area contributed by atoms with Gasteiger partial charge in [0, 0.05) is 30.2 Å². The fourth-order valence-corrected chi connectivity index (χ4v) is 3.07. The molecule has 1 atom stereocenters. The van der Waals surface area contributed by atoms with Crippen LogP contribution in [-0.4, -0.2) is 20.6 Å². The lowest BCUT2D eigenvalue weighted by Gasteiger charge is -2.26. The van der Waals surface area contributed by atoms with Crippen LogP contribution in [0.25, 0.3) is 0 Å². The maximum Gasteiger partial charge on any atom is 0.126 e. The van der Waals surface area contributed by atoms with E-state index in [9.17, 15) is 4.39 Å². The molecule has 1 aromatic carbocycles. The standard InChI is InChI=1S/C17H23FN2S/c1-12-10-17(15(11-16(12)18)13(2)19-3)20(4)8-7-14-6-5-9-21-14/h5-6,9-11,13,19H,7-8H2,1-4H3. The molecule has 0 saturated carbocycles. The summed E-state index contributed by atoms with van der Waals surface area (Å²) < 4.78 is 13.9. The van der Waals surface area contributed by atoms with Gasteiger partial charge in [0.05, 0.1) is 0 Å². The van der Waals surface area contributed by atoms with Crippen molar-refractivity contribution in [3.8, 4) is 0 Å². The van der Waals surface area contributed by atoms with Gasteiger partial charge in [-0.1, -0.05) is 6.07 Å². The zero-order valence-corrected chi connectivity index (χ0v) is 13.9. The van der Waals surface area contributed by atoms with E-state index in [0.29, 0.717) is 5.56 Å². The molecular weight excluding hydrogens is 283 g/mol. The van der Waals surface area contributed by atoms with Gasteiger partial charge in [-0.15, -0.1) is 11.3 Å². The van der Waals surface area contributed by atoms with Gasteiger partial charge < -0.3 is 10.2 Å². The third-order valence-corrected chi connectivity index (χ3v) is 4.83. The zero-order valence-electron chi connectivity index (χ0n) is 13.1. The predicted octanol–water partition coefficient (Wildman–Crippen LogP) is 4.15. The molecule has 0 aliphatic heterocycles. The number of hydrogen-bond donors (Lipinski definition) is 1. The Morgan fingerprint density at radius 3 is 2.76 bits per heavy atom. The van der Waals surface area contributed by atoms with Gasteiger partial charge in [-0.2, -0.15) is 0 Å². The van der Waals surface area contributed by atoms with E-state index in [1.54, 1.807) is 17.4 Å². The van der Waals surface area contributed by atoms with Gasteiger partial charge in [0.15, 0.2) is 0 Å². The van der Waals surface area contributed by atoms with Crippen LogP contribution in [0, 0.1) is 12.7 Å². The predicted molar refractivity (Wildman–Crippen MR) is 89.9 cm³/mol. The molecule has 0 spiro atoms. The second kappa shape index (κ2) is 7.05. The summed E-state index contributed by atoms with van der Waals surface area (Å²) in [5.41, 5.74) is 2.81. The number of hydrogen-bond acceptors (Lipinski definition) is 3. The lowest BCUT2D eigenvalue weighted by Crippen LogP contribution is -2.24. The van der Waals surface area contributed by atoms with Crippen LogP contribution < -0.4 is 10.2 Å². The van der Waals surface area contributed by atoms with Gasteiger partial charge in [0.1, 0.15) is 5.82 Å². The highest BCUT2D eigenvalue weighted by Crippen LogP contribution is 2.29. The number of nitrogens with zero attached hydrogens (tertiary/aromatic N) is 1. The molecule has 2 nitrogen and oxygen atoms in total. The largest absolute Gasteiger partial charge is 0.374 e. The van der Waals surface area contributed by atoms with Crippen LogP contribution in [0.5, 0.6) is 0 Å². The lowest BCUT2D eigenvalue weighted by molar-refractivity contribution is 0.600. The molecule has 0 aliphatic rings. The first-order valence-corrected chi connectivity index (χ1v) is 8.11. The SMILES string of the molecule is CNC(C)c1cc(F)c(C)cc1N(C)CCc1cccs1. The van der Waals surface area contributed by atoms with E-state index in [4.69, 9.17) is 0 Å². The van der Waals surface area contributed by atoms with Gasteiger partial charge in [-0.25, -0.2) is 4.39 Å². The van der Waals surface area contributed by atoms with Crippen molar-refractivity contribution in [3.63, 3.8) is 0 Å². The van der Waals surface area contributed by atoms with Crippen molar-refractivity contribution in [2.75, 3.05) is 25.5 Å². The molecule has 2 aromatic rings. The summed E-state index contributed by atoms with van der Waals surface area (Å²) in [4.78, 5) is 3.60. The summed E-state index contributed by atoms with van der Waals surface area (Å²) >= 11 is 1.78. The Hall–Kier alpha value is -1.39. The van der Waals surface area contributed by atoms with E-state index in [1.165, 1.54) is 4.88 Å². The van der Waals surface area contributed by atoms with E-state index >= 15 is 0 Å². The second-order valence-electron chi connectivity index (χ2n) is 5.42. The minimum absolute atomic E-state index is 0.124. The van der Waals surface area contributed by atoms with Crippen molar-refractivity contribution in [2.24, 2.45) is 0 Å². The van der Waals surface area contributed by atoms with E-state index in [-0.39, 0.29) is 11.9 Å². The van der Waals surface area contributed by atoms with E-state index in [0.717, 1.165) is 24.2 Å². The maximum absolute atomic E-state index is 13.9. The highest BCUT2D eigenvalue weighted by molar-refractivity contribution is 7.09. The minimum Gasteiger partial charge on any atom is -0.374 e. The molecule has 0 radical (unpaired) electrons. The number of rotatable bonds is 6. The number of halogens is 1. The van der Waals surface area contributed by atoms with Crippen molar-refractivity contribution in [1.82, 2.24) is 5.32 Å². The first-order chi connectivity index (χ1) is 10.0. The van der Waals surface area contributed by atoms with Crippen LogP contribution >= 0.6 is 11.3 Å². The summed E-state index contributed by atoms with van der Waals surface area (Å²) in [6.07, 6.45) is 1.01. The molecule has 2 rings (SSSR count). The smallest absolute Gasteiger partial charge is 0.126 e. The molecule has 0 bridgehead atoms. The normalized spacial score (nSPS) is 12.4. The minimum atomic E-state index is -0.137. The van der Waals surface area contributed by atoms with Gasteiger partial charge in [-0.05, 0) is 62.0 Å². The fourth-order valence-electron chi connectivity index (χ4n) is 2.37. The van der Waals surface area contributed by atoms with Crippen molar-refractivity contribution < 1.29 is 4.39 Å². The Morgan fingerprint density at radius 1 is 1.38 bits per heavy atom. The van der Waals surface area contributed by atoms with E-state index in [1.807, 2.05) is 20.0 Å². The molecule has 0 saturated heterocycles. The number of benzene rings is 1. The monoisotopic (exact) mass is 306 g/mol. The molecular formula is C17H23FN2S. The number of nitrogens with one attached hydrogen (secondary N) is 1. The topological polar surface area (TPSA) is 15.3 Å². The van der Waals surface area contributed by atoms with Crippen LogP contribution in [0.3, 0.4) is 0 Å². The first-order valence-electron chi connectivity index (χ1n) is 7.23. The number of thiophene rings is 1. The highest BCUT2D eigenvalue weighted by atomic mass is 32.1. The average Bonchev–Trinajstić information content (AvgIpc) is 2.99. The Labute approximate surface area is 130 Å². The Bertz CT molecular complexity index is 581. The molecule has 1 aromatic heterocycles. The fraction of sp³-hybridized carbons (Fsp3) is 0.412. The Kier molecular flexibility index (Phi) is 5.37. The zero-order chi connectivity index (χ0) is 15.4. The van der Waals surface area contributed by atoms with Crippen LogP contribution in [0.1, 0.15) is 29.0 Å². The van der Waals surface area contributed by atoms with Crippen molar-refractivity contribution in [3.05, 3.63) is 51.5 Å². The summed E-state index contributed by atoms with van der Waals surface area (Å²) in [6, 6.07) is 7.97. The van der Waals surface area contributed by atoms with Crippen LogP contribution in [0.15, 0.2) is 29.6 Å². The molecule has 1 heterocycles. The second-order valence-corrected chi connectivity index (χ2v) is 6.45. The van der Waals surface area contributed by atoms with Crippen LogP contribution in [-0.2, 0) is 6.42 Å². The third-order valence-electron chi connectivity index (χ3n) is 3.89. The summed E-state index contributed by atoms with van der Waals surface area (Å²) in [5, 5.41) is 5.30. The van der Waals surface area contributed by atoms with E-state index in [2.05, 4.69) is 41.7 Å². The third kappa shape index (κ3) is 3.83. The summed E-state index contributed by atoms with van der Waals surface area (Å²) in [7, 11) is 3.98. The average molecular weight is 306 g/mol. The van der Waals surface area contributed by atoms with Crippen molar-refractivity contribution >= 4 is 17.0 Å². The Balaban J connectivity index is 2.21. The van der Waals surface area contributed by atoms with Gasteiger partial charge >= 0.3 is 0 Å². The highest BCUT2D eigenvalue weighted by Gasteiger charge is 2.15. The van der Waals surface area contributed by atoms with Gasteiger partial charge in [-0.3, -0.25) is 0 Å². The lowest BCUT2D eigenvalue weighted by atomic mass is 10.0. The maximum atomic E-state index is 13.9. The molecule has 21 heavy (non-hydrogen) atoms. The van der Waals surface area contributed by atoms with E-state index < -0.39 is 0 Å². The quantitative estimate of drug-likeness (QED) is 0.862.